The molecule has 0 N–H and O–H groups in total. The Balaban J connectivity index is 1.67. The van der Waals surface area contributed by atoms with Crippen molar-refractivity contribution in [3.63, 3.8) is 0 Å². The maximum Gasteiger partial charge on any atom is 0.255 e. The third-order valence-corrected chi connectivity index (χ3v) is 4.56. The maximum absolute atomic E-state index is 12.7. The van der Waals surface area contributed by atoms with Gasteiger partial charge in [-0.15, -0.1) is 0 Å². The average Bonchev–Trinajstić information content (AvgIpc) is 3.10. The van der Waals surface area contributed by atoms with Crippen LogP contribution < -0.4 is 0 Å². The molecule has 0 bridgehead atoms. The second-order valence-corrected chi connectivity index (χ2v) is 6.42. The van der Waals surface area contributed by atoms with Crippen LogP contribution in [0.5, 0.6) is 0 Å². The van der Waals surface area contributed by atoms with E-state index < -0.39 is 0 Å². The normalized spacial score (nSPS) is 17.2. The molecule has 1 fully saturated rings. The van der Waals surface area contributed by atoms with Crippen molar-refractivity contribution >= 4 is 16.9 Å². The highest BCUT2D eigenvalue weighted by molar-refractivity contribution is 5.97. The molecule has 0 unspecified atom stereocenters. The van der Waals surface area contributed by atoms with Gasteiger partial charge in [-0.2, -0.15) is 5.26 Å². The lowest BCUT2D eigenvalue weighted by Crippen LogP contribution is -2.44. The van der Waals surface area contributed by atoms with Crippen molar-refractivity contribution in [1.29, 1.82) is 5.26 Å². The van der Waals surface area contributed by atoms with Crippen LogP contribution in [0.1, 0.15) is 22.8 Å². The minimum absolute atomic E-state index is 0.0197. The Morgan fingerprint density at radius 3 is 3.04 bits per heavy atom. The van der Waals surface area contributed by atoms with Crippen LogP contribution in [-0.2, 0) is 4.74 Å². The molecule has 1 saturated heterocycles. The molecule has 0 spiro atoms. The van der Waals surface area contributed by atoms with E-state index in [0.29, 0.717) is 30.8 Å². The van der Waals surface area contributed by atoms with Crippen LogP contribution in [0.2, 0.25) is 0 Å². The maximum atomic E-state index is 12.7. The molecule has 130 valence electrons. The number of nitriles is 1. The lowest BCUT2D eigenvalue weighted by Gasteiger charge is -2.31. The Hall–Kier alpha value is -3.17. The van der Waals surface area contributed by atoms with Crippen LogP contribution >= 0.6 is 0 Å². The molecule has 4 rings (SSSR count). The molecule has 0 saturated carbocycles. The van der Waals surface area contributed by atoms with Crippen LogP contribution in [0.3, 0.4) is 0 Å². The summed E-state index contributed by atoms with van der Waals surface area (Å²) in [7, 11) is 0. The molecular formula is C20H18N4O2. The summed E-state index contributed by atoms with van der Waals surface area (Å²) in [5, 5.41) is 9.98. The molecule has 0 radical (unpaired) electrons. The van der Waals surface area contributed by atoms with Crippen LogP contribution in [-0.4, -0.2) is 46.2 Å². The fourth-order valence-corrected chi connectivity index (χ4v) is 3.26. The first-order valence-electron chi connectivity index (χ1n) is 8.54. The number of aromatic nitrogens is 2. The van der Waals surface area contributed by atoms with Crippen molar-refractivity contribution in [1.82, 2.24) is 14.5 Å². The van der Waals surface area contributed by atoms with Gasteiger partial charge in [-0.1, -0.05) is 6.07 Å². The number of hydrogen-bond acceptors (Lipinski definition) is 4. The van der Waals surface area contributed by atoms with E-state index in [9.17, 15) is 4.79 Å². The molecule has 3 aromatic rings. The summed E-state index contributed by atoms with van der Waals surface area (Å²) >= 11 is 0. The van der Waals surface area contributed by atoms with E-state index in [-0.39, 0.29) is 12.0 Å². The number of pyridine rings is 1. The van der Waals surface area contributed by atoms with Crippen molar-refractivity contribution in [3.05, 3.63) is 59.9 Å². The Morgan fingerprint density at radius 1 is 1.35 bits per heavy atom. The van der Waals surface area contributed by atoms with E-state index in [4.69, 9.17) is 10.00 Å². The van der Waals surface area contributed by atoms with E-state index in [1.165, 1.54) is 0 Å². The van der Waals surface area contributed by atoms with Gasteiger partial charge >= 0.3 is 0 Å². The van der Waals surface area contributed by atoms with Crippen LogP contribution in [0.25, 0.3) is 16.7 Å². The monoisotopic (exact) mass is 346 g/mol. The molecule has 26 heavy (non-hydrogen) atoms. The van der Waals surface area contributed by atoms with E-state index in [2.05, 4.69) is 11.1 Å². The summed E-state index contributed by atoms with van der Waals surface area (Å²) in [4.78, 5) is 19.1. The molecule has 1 atom stereocenters. The fourth-order valence-electron chi connectivity index (χ4n) is 3.26. The number of benzene rings is 1. The van der Waals surface area contributed by atoms with Gasteiger partial charge in [-0.05, 0) is 37.3 Å². The summed E-state index contributed by atoms with van der Waals surface area (Å²) in [6, 6.07) is 13.3. The topological polar surface area (TPSA) is 71.2 Å². The van der Waals surface area contributed by atoms with Gasteiger partial charge in [0, 0.05) is 36.6 Å². The van der Waals surface area contributed by atoms with E-state index >= 15 is 0 Å². The fraction of sp³-hybridized carbons (Fsp3) is 0.250. The quantitative estimate of drug-likeness (QED) is 0.715. The number of amides is 1. The highest BCUT2D eigenvalue weighted by atomic mass is 16.5. The standard InChI is InChI=1S/C20H18N4O2/c1-14-13-23(7-8-26-14)20(25)17-10-16-5-6-24(19(16)22-12-17)18-4-2-3-15(9-18)11-21/h2-6,9-10,12,14H,7-8,13H2,1H3/t14-/m1/s1. The van der Waals surface area contributed by atoms with Crippen LogP contribution in [0.15, 0.2) is 48.8 Å². The van der Waals surface area contributed by atoms with Crippen LogP contribution in [0.4, 0.5) is 0 Å². The molecule has 3 heterocycles. The van der Waals surface area contributed by atoms with E-state index in [0.717, 1.165) is 16.7 Å². The Bertz CT molecular complexity index is 1020. The summed E-state index contributed by atoms with van der Waals surface area (Å²) in [5.74, 6) is -0.0197. The molecule has 6 heteroatoms. The zero-order valence-electron chi connectivity index (χ0n) is 14.4. The molecule has 1 aromatic carbocycles. The number of ether oxygens (including phenoxy) is 1. The molecule has 1 aliphatic heterocycles. The second kappa shape index (κ2) is 6.62. The number of rotatable bonds is 2. The van der Waals surface area contributed by atoms with Gasteiger partial charge in [-0.3, -0.25) is 4.79 Å². The first-order valence-corrected chi connectivity index (χ1v) is 8.54. The van der Waals surface area contributed by atoms with Gasteiger partial charge in [0.05, 0.1) is 29.9 Å². The second-order valence-electron chi connectivity index (χ2n) is 6.42. The van der Waals surface area contributed by atoms with Gasteiger partial charge in [0.25, 0.3) is 5.91 Å². The third-order valence-electron chi connectivity index (χ3n) is 4.56. The minimum atomic E-state index is -0.0197. The molecule has 6 nitrogen and oxygen atoms in total. The van der Waals surface area contributed by atoms with Crippen molar-refractivity contribution in [2.24, 2.45) is 0 Å². The zero-order chi connectivity index (χ0) is 18.1. The first-order chi connectivity index (χ1) is 12.7. The van der Waals surface area contributed by atoms with Gasteiger partial charge in [0.2, 0.25) is 0 Å². The summed E-state index contributed by atoms with van der Waals surface area (Å²) in [6.45, 7) is 3.73. The van der Waals surface area contributed by atoms with Gasteiger partial charge in [-0.25, -0.2) is 4.98 Å². The van der Waals surface area contributed by atoms with Crippen LogP contribution in [0, 0.1) is 11.3 Å². The number of nitrogens with zero attached hydrogens (tertiary/aromatic N) is 4. The largest absolute Gasteiger partial charge is 0.375 e. The minimum Gasteiger partial charge on any atom is -0.375 e. The SMILES string of the molecule is C[C@@H]1CN(C(=O)c2cnc3c(ccn3-c3cccc(C#N)c3)c2)CCO1. The molecular weight excluding hydrogens is 328 g/mol. The van der Waals surface area contributed by atoms with E-state index in [1.54, 1.807) is 12.3 Å². The zero-order valence-corrected chi connectivity index (χ0v) is 14.4. The predicted octanol–water partition coefficient (Wildman–Crippen LogP) is 2.76. The van der Waals surface area contributed by atoms with Crippen molar-refractivity contribution in [2.45, 2.75) is 13.0 Å². The average molecular weight is 346 g/mol. The molecule has 2 aromatic heterocycles. The molecule has 0 aliphatic carbocycles. The molecule has 1 amide bonds. The highest BCUT2D eigenvalue weighted by Crippen LogP contribution is 2.21. The summed E-state index contributed by atoms with van der Waals surface area (Å²) in [6.07, 6.45) is 3.58. The van der Waals surface area contributed by atoms with E-state index in [1.807, 2.05) is 52.9 Å². The van der Waals surface area contributed by atoms with Crippen molar-refractivity contribution < 1.29 is 9.53 Å². The number of carbonyl (C=O) groups excluding carboxylic acids is 1. The summed E-state index contributed by atoms with van der Waals surface area (Å²) in [5.41, 5.74) is 2.80. The number of carbonyl (C=O) groups is 1. The smallest absolute Gasteiger partial charge is 0.255 e. The number of morpholine rings is 1. The Morgan fingerprint density at radius 2 is 2.23 bits per heavy atom. The van der Waals surface area contributed by atoms with Crippen molar-refractivity contribution in [3.8, 4) is 11.8 Å². The lowest BCUT2D eigenvalue weighted by atomic mass is 10.2. The van der Waals surface area contributed by atoms with Gasteiger partial charge in [0.15, 0.2) is 0 Å². The van der Waals surface area contributed by atoms with Gasteiger partial charge < -0.3 is 14.2 Å². The predicted molar refractivity (Wildman–Crippen MR) is 97.1 cm³/mol. The van der Waals surface area contributed by atoms with Crippen molar-refractivity contribution in [2.75, 3.05) is 19.7 Å². The lowest BCUT2D eigenvalue weighted by molar-refractivity contribution is -0.0124. The van der Waals surface area contributed by atoms with Gasteiger partial charge in [0.1, 0.15) is 5.65 Å². The first kappa shape index (κ1) is 16.3. The third kappa shape index (κ3) is 2.93. The highest BCUT2D eigenvalue weighted by Gasteiger charge is 2.23. The number of fused-ring (bicyclic) bond motifs is 1. The Kier molecular flexibility index (Phi) is 4.15. The summed E-state index contributed by atoms with van der Waals surface area (Å²) < 4.78 is 7.42. The Labute approximate surface area is 151 Å². The number of hydrogen-bond donors (Lipinski definition) is 0. The molecule has 1 aliphatic rings.